The number of likely N-dealkylation sites (N-methyl/N-ethyl adjacent to an activating group) is 1. The van der Waals surface area contributed by atoms with Crippen molar-refractivity contribution >= 4 is 17.7 Å². The Kier molecular flexibility index (Phi) is 6.73. The number of alkyl halides is 3. The quantitative estimate of drug-likeness (QED) is 0.638. The first-order chi connectivity index (χ1) is 14.6. The van der Waals surface area contributed by atoms with E-state index in [1.807, 2.05) is 0 Å². The van der Waals surface area contributed by atoms with Gasteiger partial charge < -0.3 is 9.64 Å². The van der Waals surface area contributed by atoms with Crippen LogP contribution in [0.4, 0.5) is 13.2 Å². The highest BCUT2D eigenvalue weighted by atomic mass is 19.4. The topological polar surface area (TPSA) is 66.9 Å². The highest BCUT2D eigenvalue weighted by Crippen LogP contribution is 2.42. The molecule has 9 heteroatoms. The van der Waals surface area contributed by atoms with Crippen LogP contribution < -0.4 is 0 Å². The zero-order valence-corrected chi connectivity index (χ0v) is 17.7. The molecule has 2 aliphatic rings. The van der Waals surface area contributed by atoms with Crippen LogP contribution in [0.2, 0.25) is 0 Å². The molecule has 1 aromatic rings. The van der Waals surface area contributed by atoms with Gasteiger partial charge in [0.15, 0.2) is 0 Å². The second-order valence-corrected chi connectivity index (χ2v) is 8.15. The van der Waals surface area contributed by atoms with E-state index in [0.29, 0.717) is 13.2 Å². The van der Waals surface area contributed by atoms with E-state index in [4.69, 9.17) is 4.74 Å². The first kappa shape index (κ1) is 23.2. The molecule has 0 radical (unpaired) electrons. The molecule has 6 nitrogen and oxygen atoms in total. The van der Waals surface area contributed by atoms with Crippen LogP contribution >= 0.6 is 0 Å². The number of halogens is 3. The number of amides is 3. The third-order valence-electron chi connectivity index (χ3n) is 6.23. The number of benzene rings is 1. The number of imide groups is 1. The van der Waals surface area contributed by atoms with E-state index in [2.05, 4.69) is 0 Å². The van der Waals surface area contributed by atoms with E-state index >= 15 is 0 Å². The van der Waals surface area contributed by atoms with Gasteiger partial charge in [-0.3, -0.25) is 19.3 Å². The number of ether oxygens (including phenoxy) is 1. The minimum absolute atomic E-state index is 0.0466. The summed E-state index contributed by atoms with van der Waals surface area (Å²) >= 11 is 0. The molecule has 0 spiro atoms. The van der Waals surface area contributed by atoms with Crippen LogP contribution in [0.5, 0.6) is 0 Å². The van der Waals surface area contributed by atoms with Crippen molar-refractivity contribution < 1.29 is 32.3 Å². The normalized spacial score (nSPS) is 24.7. The molecule has 0 bridgehead atoms. The molecular formula is C22H27F3N2O4. The van der Waals surface area contributed by atoms with Crippen molar-refractivity contribution in [2.45, 2.75) is 56.7 Å². The number of carbonyl (C=O) groups is 3. The van der Waals surface area contributed by atoms with Gasteiger partial charge in [-0.1, -0.05) is 18.2 Å². The number of hydrogen-bond donors (Lipinski definition) is 0. The Morgan fingerprint density at radius 1 is 1.26 bits per heavy atom. The number of rotatable bonds is 6. The minimum atomic E-state index is -4.60. The van der Waals surface area contributed by atoms with Crippen LogP contribution in [-0.2, 0) is 30.7 Å². The molecule has 0 N–H and O–H groups in total. The molecule has 2 saturated heterocycles. The van der Waals surface area contributed by atoms with Gasteiger partial charge in [0.2, 0.25) is 17.7 Å². The number of methoxy groups -OCH3 is 1. The molecule has 0 aliphatic carbocycles. The summed E-state index contributed by atoms with van der Waals surface area (Å²) in [7, 11) is 1.54. The van der Waals surface area contributed by atoms with E-state index in [1.54, 1.807) is 18.9 Å². The molecule has 1 aromatic carbocycles. The van der Waals surface area contributed by atoms with Crippen molar-refractivity contribution in [3.63, 3.8) is 0 Å². The summed E-state index contributed by atoms with van der Waals surface area (Å²) in [6.07, 6.45) is -2.78. The maximum atomic E-state index is 13.3. The van der Waals surface area contributed by atoms with Crippen molar-refractivity contribution in [1.29, 1.82) is 0 Å². The van der Waals surface area contributed by atoms with Crippen LogP contribution in [0.15, 0.2) is 24.3 Å². The predicted molar refractivity (Wildman–Crippen MR) is 106 cm³/mol. The van der Waals surface area contributed by atoms with Gasteiger partial charge in [-0.05, 0) is 37.8 Å². The van der Waals surface area contributed by atoms with Gasteiger partial charge in [-0.15, -0.1) is 0 Å². The van der Waals surface area contributed by atoms with Crippen molar-refractivity contribution in [1.82, 2.24) is 9.80 Å². The van der Waals surface area contributed by atoms with E-state index in [0.717, 1.165) is 36.3 Å². The van der Waals surface area contributed by atoms with Crippen LogP contribution in [0.25, 0.3) is 0 Å². The first-order valence-corrected chi connectivity index (χ1v) is 10.4. The Labute approximate surface area is 179 Å². The molecule has 3 amide bonds. The highest BCUT2D eigenvalue weighted by molar-refractivity contribution is 6.10. The maximum Gasteiger partial charge on any atom is 0.416 e. The Hall–Kier alpha value is -2.42. The molecule has 0 saturated carbocycles. The molecule has 2 atom stereocenters. The van der Waals surface area contributed by atoms with Gasteiger partial charge >= 0.3 is 6.18 Å². The van der Waals surface area contributed by atoms with E-state index in [9.17, 15) is 27.6 Å². The van der Waals surface area contributed by atoms with E-state index < -0.39 is 29.0 Å². The zero-order chi connectivity index (χ0) is 22.8. The third-order valence-corrected chi connectivity index (χ3v) is 6.23. The first-order valence-electron chi connectivity index (χ1n) is 10.4. The average molecular weight is 440 g/mol. The monoisotopic (exact) mass is 440 g/mol. The fourth-order valence-corrected chi connectivity index (χ4v) is 4.63. The van der Waals surface area contributed by atoms with Crippen LogP contribution in [0, 0.1) is 0 Å². The Bertz CT molecular complexity index is 855. The SMILES string of the molecule is CCN1C(=O)CC(CC(=O)N2CCCCC2COC)(c2cccc(C(F)(F)F)c2)C1=O. The smallest absolute Gasteiger partial charge is 0.383 e. The van der Waals surface area contributed by atoms with E-state index in [-0.39, 0.29) is 36.9 Å². The standard InChI is InChI=1S/C22H27F3N2O4/c1-3-26-18(28)12-21(20(26)30,15-7-6-8-16(11-15)22(23,24)25)13-19(29)27-10-5-4-9-17(27)14-31-2/h6-8,11,17H,3-5,9-10,12-14H2,1-2H3. The van der Waals surface area contributed by atoms with Crippen molar-refractivity contribution in [2.24, 2.45) is 0 Å². The lowest BCUT2D eigenvalue weighted by Crippen LogP contribution is -2.49. The van der Waals surface area contributed by atoms with Gasteiger partial charge in [-0.25, -0.2) is 0 Å². The molecule has 31 heavy (non-hydrogen) atoms. The number of likely N-dealkylation sites (tertiary alicyclic amines) is 2. The average Bonchev–Trinajstić information content (AvgIpc) is 2.97. The Morgan fingerprint density at radius 3 is 2.61 bits per heavy atom. The molecule has 2 fully saturated rings. The van der Waals surface area contributed by atoms with Crippen LogP contribution in [0.1, 0.15) is 50.2 Å². The molecule has 0 aromatic heterocycles. The van der Waals surface area contributed by atoms with Crippen LogP contribution in [-0.4, -0.2) is 60.4 Å². The Balaban J connectivity index is 2.01. The molecule has 2 heterocycles. The lowest BCUT2D eigenvalue weighted by Gasteiger charge is -2.37. The molecule has 3 rings (SSSR count). The largest absolute Gasteiger partial charge is 0.416 e. The summed E-state index contributed by atoms with van der Waals surface area (Å²) in [6.45, 7) is 2.56. The van der Waals surface area contributed by atoms with E-state index in [1.165, 1.54) is 12.1 Å². The highest BCUT2D eigenvalue weighted by Gasteiger charge is 2.54. The molecule has 2 unspecified atom stereocenters. The fourth-order valence-electron chi connectivity index (χ4n) is 4.63. The molecular weight excluding hydrogens is 413 g/mol. The summed E-state index contributed by atoms with van der Waals surface area (Å²) in [4.78, 5) is 41.8. The lowest BCUT2D eigenvalue weighted by molar-refractivity contribution is -0.144. The zero-order valence-electron chi connectivity index (χ0n) is 17.7. The number of piperidine rings is 1. The Morgan fingerprint density at radius 2 is 2.00 bits per heavy atom. The minimum Gasteiger partial charge on any atom is -0.383 e. The summed E-state index contributed by atoms with van der Waals surface area (Å²) < 4.78 is 45.2. The summed E-state index contributed by atoms with van der Waals surface area (Å²) in [5, 5.41) is 0. The van der Waals surface area contributed by atoms with Crippen molar-refractivity contribution in [2.75, 3.05) is 26.8 Å². The van der Waals surface area contributed by atoms with Crippen molar-refractivity contribution in [3.8, 4) is 0 Å². The summed E-state index contributed by atoms with van der Waals surface area (Å²) in [5.41, 5.74) is -2.51. The second-order valence-electron chi connectivity index (χ2n) is 8.15. The number of hydrogen-bond acceptors (Lipinski definition) is 4. The van der Waals surface area contributed by atoms with Gasteiger partial charge in [-0.2, -0.15) is 13.2 Å². The molecule has 170 valence electrons. The predicted octanol–water partition coefficient (Wildman–Crippen LogP) is 3.14. The maximum absolute atomic E-state index is 13.3. The summed E-state index contributed by atoms with van der Waals surface area (Å²) in [6, 6.07) is 4.26. The number of carbonyl (C=O) groups excluding carboxylic acids is 3. The van der Waals surface area contributed by atoms with Gasteiger partial charge in [0.05, 0.1) is 23.6 Å². The van der Waals surface area contributed by atoms with Crippen LogP contribution in [0.3, 0.4) is 0 Å². The lowest BCUT2D eigenvalue weighted by atomic mass is 9.75. The van der Waals surface area contributed by atoms with Crippen molar-refractivity contribution in [3.05, 3.63) is 35.4 Å². The fraction of sp³-hybridized carbons (Fsp3) is 0.591. The molecule has 2 aliphatic heterocycles. The van der Waals surface area contributed by atoms with Gasteiger partial charge in [0, 0.05) is 33.0 Å². The van der Waals surface area contributed by atoms with Gasteiger partial charge in [0.1, 0.15) is 0 Å². The number of nitrogens with zero attached hydrogens (tertiary/aromatic N) is 2. The van der Waals surface area contributed by atoms with Gasteiger partial charge in [0.25, 0.3) is 0 Å². The third kappa shape index (κ3) is 4.46. The summed E-state index contributed by atoms with van der Waals surface area (Å²) in [5.74, 6) is -1.45. The second kappa shape index (κ2) is 8.98.